The minimum atomic E-state index is -0.203. The molecule has 6 heteroatoms. The highest BCUT2D eigenvalue weighted by molar-refractivity contribution is 7.17. The van der Waals surface area contributed by atoms with Crippen LogP contribution in [0.5, 0.6) is 0 Å². The minimum absolute atomic E-state index is 0.0926. The van der Waals surface area contributed by atoms with E-state index in [1.807, 2.05) is 4.90 Å². The van der Waals surface area contributed by atoms with Gasteiger partial charge < -0.3 is 10.2 Å². The van der Waals surface area contributed by atoms with Gasteiger partial charge in [0.2, 0.25) is 0 Å². The van der Waals surface area contributed by atoms with Crippen LogP contribution in [0.3, 0.4) is 0 Å². The molecule has 1 aliphatic heterocycles. The van der Waals surface area contributed by atoms with Crippen molar-refractivity contribution in [3.8, 4) is 0 Å². The summed E-state index contributed by atoms with van der Waals surface area (Å²) in [6.45, 7) is 3.88. The van der Waals surface area contributed by atoms with Gasteiger partial charge in [-0.15, -0.1) is 11.3 Å². The normalized spacial score (nSPS) is 19.6. The summed E-state index contributed by atoms with van der Waals surface area (Å²) in [7, 11) is 0. The Morgan fingerprint density at radius 2 is 2.04 bits per heavy atom. The number of fused-ring (bicyclic) bond motifs is 1. The highest BCUT2D eigenvalue weighted by atomic mass is 32.1. The average molecular weight is 398 g/mol. The van der Waals surface area contributed by atoms with Crippen LogP contribution < -0.4 is 5.32 Å². The first kappa shape index (κ1) is 19.1. The van der Waals surface area contributed by atoms with Crippen molar-refractivity contribution < 1.29 is 9.59 Å². The molecule has 1 atom stereocenters. The molecule has 1 saturated heterocycles. The second-order valence-corrected chi connectivity index (χ2v) is 9.04. The smallest absolute Gasteiger partial charge is 0.257 e. The van der Waals surface area contributed by atoms with Crippen LogP contribution >= 0.6 is 11.3 Å². The maximum atomic E-state index is 13.5. The van der Waals surface area contributed by atoms with E-state index in [4.69, 9.17) is 0 Å². The number of hydrogen-bond donors (Lipinski definition) is 1. The average Bonchev–Trinajstić information content (AvgIpc) is 2.93. The Morgan fingerprint density at radius 3 is 2.86 bits per heavy atom. The number of amides is 2. The summed E-state index contributed by atoms with van der Waals surface area (Å²) in [5.41, 5.74) is 2.42. The quantitative estimate of drug-likeness (QED) is 0.827. The molecule has 28 heavy (non-hydrogen) atoms. The Labute approximate surface area is 170 Å². The fourth-order valence-corrected chi connectivity index (χ4v) is 5.45. The van der Waals surface area contributed by atoms with Gasteiger partial charge in [0.25, 0.3) is 11.8 Å². The number of thiophene rings is 1. The SMILES string of the molecule is C[C@H]1CCCN(C(=O)c2c(NC(=O)c3cccnc3)sc3c2CCCC3)CC1. The van der Waals surface area contributed by atoms with Crippen molar-refractivity contribution in [1.29, 1.82) is 0 Å². The number of carbonyl (C=O) groups is 2. The number of hydrogen-bond acceptors (Lipinski definition) is 4. The maximum absolute atomic E-state index is 13.5. The summed E-state index contributed by atoms with van der Waals surface area (Å²) in [4.78, 5) is 33.5. The monoisotopic (exact) mass is 397 g/mol. The van der Waals surface area contributed by atoms with Gasteiger partial charge in [-0.1, -0.05) is 6.92 Å². The molecule has 5 nitrogen and oxygen atoms in total. The second kappa shape index (κ2) is 8.43. The molecule has 2 aliphatic rings. The van der Waals surface area contributed by atoms with Crippen LogP contribution in [0.4, 0.5) is 5.00 Å². The van der Waals surface area contributed by atoms with Gasteiger partial charge in [0, 0.05) is 30.4 Å². The highest BCUT2D eigenvalue weighted by Gasteiger charge is 2.30. The Kier molecular flexibility index (Phi) is 5.76. The second-order valence-electron chi connectivity index (χ2n) is 7.94. The number of aryl methyl sites for hydroxylation is 1. The van der Waals surface area contributed by atoms with E-state index in [-0.39, 0.29) is 11.8 Å². The van der Waals surface area contributed by atoms with Gasteiger partial charge in [-0.25, -0.2) is 0 Å². The lowest BCUT2D eigenvalue weighted by atomic mass is 9.95. The van der Waals surface area contributed by atoms with Crippen LogP contribution in [0.1, 0.15) is 70.2 Å². The summed E-state index contributed by atoms with van der Waals surface area (Å²) < 4.78 is 0. The molecule has 2 aromatic heterocycles. The van der Waals surface area contributed by atoms with E-state index >= 15 is 0 Å². The third-order valence-electron chi connectivity index (χ3n) is 5.84. The first-order valence-corrected chi connectivity index (χ1v) is 11.1. The molecule has 4 rings (SSSR count). The lowest BCUT2D eigenvalue weighted by Crippen LogP contribution is -2.33. The van der Waals surface area contributed by atoms with Crippen LogP contribution in [-0.2, 0) is 12.8 Å². The molecule has 0 radical (unpaired) electrons. The van der Waals surface area contributed by atoms with Crippen molar-refractivity contribution in [1.82, 2.24) is 9.88 Å². The van der Waals surface area contributed by atoms with Crippen molar-refractivity contribution in [3.63, 3.8) is 0 Å². The molecular weight excluding hydrogens is 370 g/mol. The fourth-order valence-electron chi connectivity index (χ4n) is 4.18. The number of nitrogens with one attached hydrogen (secondary N) is 1. The Hall–Kier alpha value is -2.21. The van der Waals surface area contributed by atoms with Crippen LogP contribution in [0.15, 0.2) is 24.5 Å². The summed E-state index contributed by atoms with van der Waals surface area (Å²) in [5.74, 6) is 0.555. The van der Waals surface area contributed by atoms with Crippen molar-refractivity contribution >= 4 is 28.2 Å². The maximum Gasteiger partial charge on any atom is 0.257 e. The van der Waals surface area contributed by atoms with Crippen molar-refractivity contribution in [2.45, 2.75) is 51.9 Å². The van der Waals surface area contributed by atoms with Crippen LogP contribution in [0.2, 0.25) is 0 Å². The summed E-state index contributed by atoms with van der Waals surface area (Å²) >= 11 is 1.58. The van der Waals surface area contributed by atoms with E-state index in [1.54, 1.807) is 35.9 Å². The zero-order valence-corrected chi connectivity index (χ0v) is 17.2. The number of carbonyl (C=O) groups excluding carboxylic acids is 2. The molecule has 0 bridgehead atoms. The molecule has 2 amide bonds. The molecule has 148 valence electrons. The number of nitrogens with zero attached hydrogens (tertiary/aromatic N) is 2. The summed E-state index contributed by atoms with van der Waals surface area (Å²) in [5, 5.41) is 3.73. The van der Waals surface area contributed by atoms with Gasteiger partial charge in [0.05, 0.1) is 11.1 Å². The highest BCUT2D eigenvalue weighted by Crippen LogP contribution is 2.39. The topological polar surface area (TPSA) is 62.3 Å². The number of pyridine rings is 1. The predicted molar refractivity (Wildman–Crippen MR) is 112 cm³/mol. The van der Waals surface area contributed by atoms with Crippen LogP contribution in [0.25, 0.3) is 0 Å². The van der Waals surface area contributed by atoms with Gasteiger partial charge in [0.15, 0.2) is 0 Å². The van der Waals surface area contributed by atoms with Gasteiger partial charge in [-0.2, -0.15) is 0 Å². The first-order chi connectivity index (χ1) is 13.6. The van der Waals surface area contributed by atoms with E-state index in [2.05, 4.69) is 17.2 Å². The van der Waals surface area contributed by atoms with Gasteiger partial charge in [0.1, 0.15) is 5.00 Å². The third kappa shape index (κ3) is 3.97. The van der Waals surface area contributed by atoms with Gasteiger partial charge in [-0.3, -0.25) is 14.6 Å². The lowest BCUT2D eigenvalue weighted by molar-refractivity contribution is 0.0760. The van der Waals surface area contributed by atoms with Crippen LogP contribution in [0, 0.1) is 5.92 Å². The van der Waals surface area contributed by atoms with Crippen LogP contribution in [-0.4, -0.2) is 34.8 Å². The predicted octanol–water partition coefficient (Wildman–Crippen LogP) is 4.54. The molecule has 0 unspecified atom stereocenters. The molecule has 1 fully saturated rings. The molecule has 3 heterocycles. The molecule has 2 aromatic rings. The molecule has 0 saturated carbocycles. The van der Waals surface area contributed by atoms with Gasteiger partial charge >= 0.3 is 0 Å². The Morgan fingerprint density at radius 1 is 1.18 bits per heavy atom. The molecular formula is C22H27N3O2S. The standard InChI is InChI=1S/C22H27N3O2S/c1-15-6-5-12-25(13-10-15)22(27)19-17-8-2-3-9-18(17)28-21(19)24-20(26)16-7-4-11-23-14-16/h4,7,11,14-15H,2-3,5-6,8-10,12-13H2,1H3,(H,24,26)/t15-/m0/s1. The zero-order chi connectivity index (χ0) is 19.5. The lowest BCUT2D eigenvalue weighted by Gasteiger charge is -2.22. The van der Waals surface area contributed by atoms with E-state index < -0.39 is 0 Å². The Balaban J connectivity index is 1.64. The first-order valence-electron chi connectivity index (χ1n) is 10.3. The molecule has 1 aliphatic carbocycles. The summed E-state index contributed by atoms with van der Waals surface area (Å²) in [6.07, 6.45) is 10.7. The van der Waals surface area contributed by atoms with E-state index in [1.165, 1.54) is 16.9 Å². The van der Waals surface area contributed by atoms with E-state index in [0.717, 1.165) is 57.2 Å². The van der Waals surface area contributed by atoms with E-state index in [9.17, 15) is 9.59 Å². The van der Waals surface area contributed by atoms with Crippen molar-refractivity contribution in [2.75, 3.05) is 18.4 Å². The van der Waals surface area contributed by atoms with E-state index in [0.29, 0.717) is 16.5 Å². The zero-order valence-electron chi connectivity index (χ0n) is 16.4. The number of likely N-dealkylation sites (tertiary alicyclic amines) is 1. The largest absolute Gasteiger partial charge is 0.339 e. The fraction of sp³-hybridized carbons (Fsp3) is 0.500. The summed E-state index contributed by atoms with van der Waals surface area (Å²) in [6, 6.07) is 3.49. The van der Waals surface area contributed by atoms with Crippen molar-refractivity contribution in [2.24, 2.45) is 5.92 Å². The number of aromatic nitrogens is 1. The van der Waals surface area contributed by atoms with Crippen molar-refractivity contribution in [3.05, 3.63) is 46.1 Å². The molecule has 0 spiro atoms. The number of anilines is 1. The molecule has 0 aromatic carbocycles. The number of rotatable bonds is 3. The Bertz CT molecular complexity index is 862. The van der Waals surface area contributed by atoms with Gasteiger partial charge in [-0.05, 0) is 68.6 Å². The minimum Gasteiger partial charge on any atom is -0.339 e. The molecule has 1 N–H and O–H groups in total. The third-order valence-corrected chi connectivity index (χ3v) is 7.05.